The van der Waals surface area contributed by atoms with Crippen LogP contribution < -0.4 is 5.73 Å². The molecule has 2 aromatic rings. The molecule has 1 heterocycles. The predicted molar refractivity (Wildman–Crippen MR) is 78.8 cm³/mol. The number of hydrogen-bond acceptors (Lipinski definition) is 2. The van der Waals surface area contributed by atoms with Gasteiger partial charge in [-0.05, 0) is 46.1 Å². The third kappa shape index (κ3) is 3.32. The zero-order valence-corrected chi connectivity index (χ0v) is 12.6. The van der Waals surface area contributed by atoms with E-state index in [0.29, 0.717) is 0 Å². The summed E-state index contributed by atoms with van der Waals surface area (Å²) in [6.45, 7) is 2.00. The van der Waals surface area contributed by atoms with Gasteiger partial charge in [-0.3, -0.25) is 0 Å². The Morgan fingerprint density at radius 2 is 2.18 bits per heavy atom. The van der Waals surface area contributed by atoms with E-state index in [9.17, 15) is 0 Å². The van der Waals surface area contributed by atoms with Crippen molar-refractivity contribution < 1.29 is 0 Å². The van der Waals surface area contributed by atoms with Crippen LogP contribution >= 0.6 is 38.9 Å². The molecule has 1 unspecified atom stereocenters. The summed E-state index contributed by atoms with van der Waals surface area (Å²) < 4.78 is 1.12. The number of aryl methyl sites for hydroxylation is 1. The maximum absolute atomic E-state index is 6.20. The van der Waals surface area contributed by atoms with Crippen molar-refractivity contribution in [2.24, 2.45) is 5.73 Å². The summed E-state index contributed by atoms with van der Waals surface area (Å²) in [5.41, 5.74) is 8.42. The molecule has 90 valence electrons. The van der Waals surface area contributed by atoms with Gasteiger partial charge in [0.15, 0.2) is 0 Å². The molecule has 0 aliphatic heterocycles. The molecule has 1 atom stereocenters. The Labute approximate surface area is 119 Å². The lowest BCUT2D eigenvalue weighted by Gasteiger charge is -2.12. The largest absolute Gasteiger partial charge is 0.324 e. The molecule has 0 saturated heterocycles. The van der Waals surface area contributed by atoms with Gasteiger partial charge in [-0.15, -0.1) is 11.3 Å². The van der Waals surface area contributed by atoms with E-state index in [2.05, 4.69) is 33.4 Å². The zero-order valence-electron chi connectivity index (χ0n) is 9.41. The fourth-order valence-electron chi connectivity index (χ4n) is 1.69. The first kappa shape index (κ1) is 13.1. The standard InChI is InChI=1S/C13H13BrClNS/c1-8-4-9(2-3-12(8)15)13(16)6-11-5-10(14)7-17-11/h2-5,7,13H,6,16H2,1H3. The molecule has 0 spiro atoms. The molecular weight excluding hydrogens is 318 g/mol. The summed E-state index contributed by atoms with van der Waals surface area (Å²) >= 11 is 11.2. The molecule has 0 radical (unpaired) electrons. The van der Waals surface area contributed by atoms with E-state index < -0.39 is 0 Å². The van der Waals surface area contributed by atoms with Crippen LogP contribution in [-0.2, 0) is 6.42 Å². The summed E-state index contributed by atoms with van der Waals surface area (Å²) in [5.74, 6) is 0. The average molecular weight is 331 g/mol. The lowest BCUT2D eigenvalue weighted by Crippen LogP contribution is -2.12. The van der Waals surface area contributed by atoms with Gasteiger partial charge in [-0.25, -0.2) is 0 Å². The first-order valence-electron chi connectivity index (χ1n) is 5.31. The van der Waals surface area contributed by atoms with Gasteiger partial charge in [0.2, 0.25) is 0 Å². The molecule has 2 rings (SSSR count). The highest BCUT2D eigenvalue weighted by Gasteiger charge is 2.09. The van der Waals surface area contributed by atoms with E-state index in [1.807, 2.05) is 19.1 Å². The van der Waals surface area contributed by atoms with Crippen molar-refractivity contribution in [2.75, 3.05) is 0 Å². The first-order valence-corrected chi connectivity index (χ1v) is 7.36. The molecule has 0 aliphatic carbocycles. The molecule has 0 bridgehead atoms. The summed E-state index contributed by atoms with van der Waals surface area (Å²) in [6.07, 6.45) is 0.858. The second-order valence-corrected chi connectivity index (χ2v) is 6.37. The second kappa shape index (κ2) is 5.53. The quantitative estimate of drug-likeness (QED) is 0.866. The van der Waals surface area contributed by atoms with Crippen LogP contribution in [0.25, 0.3) is 0 Å². The van der Waals surface area contributed by atoms with Crippen LogP contribution in [0.5, 0.6) is 0 Å². The van der Waals surface area contributed by atoms with Gasteiger partial charge in [-0.1, -0.05) is 23.7 Å². The van der Waals surface area contributed by atoms with E-state index in [-0.39, 0.29) is 6.04 Å². The number of benzene rings is 1. The highest BCUT2D eigenvalue weighted by molar-refractivity contribution is 9.10. The van der Waals surface area contributed by atoms with E-state index in [0.717, 1.165) is 27.0 Å². The summed E-state index contributed by atoms with van der Waals surface area (Å²) in [5, 5.41) is 2.87. The van der Waals surface area contributed by atoms with Crippen molar-refractivity contribution in [3.05, 3.63) is 55.1 Å². The molecule has 2 N–H and O–H groups in total. The zero-order chi connectivity index (χ0) is 12.4. The van der Waals surface area contributed by atoms with E-state index in [1.165, 1.54) is 4.88 Å². The summed E-state index contributed by atoms with van der Waals surface area (Å²) in [6, 6.07) is 8.12. The minimum absolute atomic E-state index is 0.0246. The van der Waals surface area contributed by atoms with Gasteiger partial charge >= 0.3 is 0 Å². The normalized spacial score (nSPS) is 12.7. The molecule has 17 heavy (non-hydrogen) atoms. The summed E-state index contributed by atoms with van der Waals surface area (Å²) in [4.78, 5) is 1.29. The number of nitrogens with two attached hydrogens (primary N) is 1. The van der Waals surface area contributed by atoms with Crippen molar-refractivity contribution in [1.82, 2.24) is 0 Å². The molecule has 1 aromatic heterocycles. The Hall–Kier alpha value is -0.350. The number of hydrogen-bond donors (Lipinski definition) is 1. The second-order valence-electron chi connectivity index (χ2n) is 4.05. The fourth-order valence-corrected chi connectivity index (χ4v) is 3.32. The summed E-state index contributed by atoms with van der Waals surface area (Å²) in [7, 11) is 0. The molecule has 1 nitrogen and oxygen atoms in total. The first-order chi connectivity index (χ1) is 8.06. The monoisotopic (exact) mass is 329 g/mol. The van der Waals surface area contributed by atoms with E-state index >= 15 is 0 Å². The Kier molecular flexibility index (Phi) is 4.26. The average Bonchev–Trinajstić information content (AvgIpc) is 2.68. The molecular formula is C13H13BrClNS. The van der Waals surface area contributed by atoms with Crippen molar-refractivity contribution in [3.8, 4) is 0 Å². The number of halogens is 2. The van der Waals surface area contributed by atoms with Crippen LogP contribution in [0.2, 0.25) is 5.02 Å². The molecule has 0 saturated carbocycles. The third-order valence-electron chi connectivity index (χ3n) is 2.65. The molecule has 1 aromatic carbocycles. The van der Waals surface area contributed by atoms with Crippen LogP contribution in [0, 0.1) is 6.92 Å². The van der Waals surface area contributed by atoms with Crippen LogP contribution in [0.1, 0.15) is 22.0 Å². The Balaban J connectivity index is 2.14. The van der Waals surface area contributed by atoms with Gasteiger partial charge < -0.3 is 5.73 Å². The predicted octanol–water partition coefficient (Wildman–Crippen LogP) is 4.71. The molecule has 4 heteroatoms. The van der Waals surface area contributed by atoms with Gasteiger partial charge in [0.05, 0.1) is 0 Å². The van der Waals surface area contributed by atoms with Crippen LogP contribution in [-0.4, -0.2) is 0 Å². The van der Waals surface area contributed by atoms with Crippen molar-refractivity contribution in [1.29, 1.82) is 0 Å². The highest BCUT2D eigenvalue weighted by atomic mass is 79.9. The maximum Gasteiger partial charge on any atom is 0.0435 e. The van der Waals surface area contributed by atoms with Crippen molar-refractivity contribution in [2.45, 2.75) is 19.4 Å². The van der Waals surface area contributed by atoms with Crippen LogP contribution in [0.3, 0.4) is 0 Å². The topological polar surface area (TPSA) is 26.0 Å². The minimum Gasteiger partial charge on any atom is -0.324 e. The number of thiophene rings is 1. The smallest absolute Gasteiger partial charge is 0.0435 e. The van der Waals surface area contributed by atoms with Gasteiger partial charge in [0.25, 0.3) is 0 Å². The SMILES string of the molecule is Cc1cc(C(N)Cc2cc(Br)cs2)ccc1Cl. The van der Waals surface area contributed by atoms with Crippen molar-refractivity contribution in [3.63, 3.8) is 0 Å². The highest BCUT2D eigenvalue weighted by Crippen LogP contribution is 2.26. The Bertz CT molecular complexity index is 524. The number of rotatable bonds is 3. The molecule has 0 fully saturated rings. The van der Waals surface area contributed by atoms with Gasteiger partial charge in [0.1, 0.15) is 0 Å². The molecule has 0 amide bonds. The van der Waals surface area contributed by atoms with E-state index in [4.69, 9.17) is 17.3 Å². The van der Waals surface area contributed by atoms with Crippen molar-refractivity contribution >= 4 is 38.9 Å². The van der Waals surface area contributed by atoms with Gasteiger partial charge in [0, 0.05) is 32.2 Å². The maximum atomic E-state index is 6.20. The Morgan fingerprint density at radius 3 is 2.76 bits per heavy atom. The molecule has 0 aliphatic rings. The van der Waals surface area contributed by atoms with E-state index in [1.54, 1.807) is 11.3 Å². The fraction of sp³-hybridized carbons (Fsp3) is 0.231. The Morgan fingerprint density at radius 1 is 1.41 bits per heavy atom. The third-order valence-corrected chi connectivity index (χ3v) is 4.80. The van der Waals surface area contributed by atoms with Crippen LogP contribution in [0.4, 0.5) is 0 Å². The van der Waals surface area contributed by atoms with Gasteiger partial charge in [-0.2, -0.15) is 0 Å². The van der Waals surface area contributed by atoms with Crippen LogP contribution in [0.15, 0.2) is 34.1 Å². The lowest BCUT2D eigenvalue weighted by molar-refractivity contribution is 0.729. The lowest BCUT2D eigenvalue weighted by atomic mass is 10.0. The minimum atomic E-state index is 0.0246.